The van der Waals surface area contributed by atoms with E-state index in [2.05, 4.69) is 18.7 Å². The number of benzene rings is 2. The highest BCUT2D eigenvalue weighted by molar-refractivity contribution is 5.90. The number of aldehydes is 1. The van der Waals surface area contributed by atoms with Gasteiger partial charge in [-0.2, -0.15) is 0 Å². The van der Waals surface area contributed by atoms with Crippen molar-refractivity contribution < 1.29 is 9.53 Å². The fourth-order valence-electron chi connectivity index (χ4n) is 2.56. The first-order valence-electron chi connectivity index (χ1n) is 7.98. The first-order valence-corrected chi connectivity index (χ1v) is 7.98. The Kier molecular flexibility index (Phi) is 6.18. The summed E-state index contributed by atoms with van der Waals surface area (Å²) in [6.45, 7) is 7.79. The molecule has 2 N–H and O–H groups in total. The van der Waals surface area contributed by atoms with Crippen molar-refractivity contribution >= 4 is 12.0 Å². The number of nitrogens with zero attached hydrogens (tertiary/aromatic N) is 1. The quantitative estimate of drug-likeness (QED) is 0.599. The van der Waals surface area contributed by atoms with Crippen molar-refractivity contribution in [3.63, 3.8) is 0 Å². The first-order chi connectivity index (χ1) is 11.2. The predicted molar refractivity (Wildman–Crippen MR) is 95.0 cm³/mol. The van der Waals surface area contributed by atoms with E-state index in [9.17, 15) is 4.79 Å². The maximum absolute atomic E-state index is 11.3. The Morgan fingerprint density at radius 3 is 2.52 bits per heavy atom. The van der Waals surface area contributed by atoms with E-state index in [-0.39, 0.29) is 0 Å². The van der Waals surface area contributed by atoms with Gasteiger partial charge in [-0.1, -0.05) is 38.1 Å². The summed E-state index contributed by atoms with van der Waals surface area (Å²) in [5.41, 5.74) is 8.67. The van der Waals surface area contributed by atoms with Crippen molar-refractivity contribution in [2.75, 3.05) is 32.0 Å². The maximum atomic E-state index is 11.3. The van der Waals surface area contributed by atoms with E-state index in [0.29, 0.717) is 17.9 Å². The van der Waals surface area contributed by atoms with Gasteiger partial charge in [-0.3, -0.25) is 4.79 Å². The number of likely N-dealkylation sites (N-methyl/N-ethyl adjacent to an activating group) is 1. The van der Waals surface area contributed by atoms with Crippen LogP contribution in [0.5, 0.6) is 5.75 Å². The zero-order chi connectivity index (χ0) is 16.7. The van der Waals surface area contributed by atoms with Gasteiger partial charge in [0.15, 0.2) is 6.29 Å². The number of nitrogens with two attached hydrogens (primary N) is 1. The van der Waals surface area contributed by atoms with Crippen LogP contribution in [0, 0.1) is 0 Å². The molecule has 0 spiro atoms. The van der Waals surface area contributed by atoms with Crippen LogP contribution in [0.15, 0.2) is 42.5 Å². The highest BCUT2D eigenvalue weighted by Gasteiger charge is 2.11. The Hall–Kier alpha value is -2.33. The van der Waals surface area contributed by atoms with Gasteiger partial charge in [-0.05, 0) is 36.9 Å². The minimum Gasteiger partial charge on any atom is -0.492 e. The molecule has 4 nitrogen and oxygen atoms in total. The summed E-state index contributed by atoms with van der Waals surface area (Å²) >= 11 is 0. The monoisotopic (exact) mass is 312 g/mol. The van der Waals surface area contributed by atoms with Gasteiger partial charge in [0.1, 0.15) is 12.4 Å². The van der Waals surface area contributed by atoms with Crippen LogP contribution in [0.2, 0.25) is 0 Å². The molecule has 0 aliphatic carbocycles. The molecule has 0 saturated heterocycles. The topological polar surface area (TPSA) is 55.6 Å². The molecule has 0 unspecified atom stereocenters. The first kappa shape index (κ1) is 17.0. The number of carbonyl (C=O) groups is 1. The molecule has 0 heterocycles. The van der Waals surface area contributed by atoms with Gasteiger partial charge in [0.25, 0.3) is 0 Å². The molecule has 0 atom stereocenters. The third-order valence-electron chi connectivity index (χ3n) is 3.94. The van der Waals surface area contributed by atoms with Gasteiger partial charge in [0.2, 0.25) is 0 Å². The number of carbonyl (C=O) groups excluding carboxylic acids is 1. The normalized spacial score (nSPS) is 10.7. The van der Waals surface area contributed by atoms with E-state index >= 15 is 0 Å². The zero-order valence-electron chi connectivity index (χ0n) is 13.8. The maximum Gasteiger partial charge on any atom is 0.150 e. The third kappa shape index (κ3) is 4.33. The average molecular weight is 312 g/mol. The van der Waals surface area contributed by atoms with Gasteiger partial charge in [-0.25, -0.2) is 0 Å². The molecule has 122 valence electrons. The van der Waals surface area contributed by atoms with Crippen LogP contribution in [-0.2, 0) is 0 Å². The lowest BCUT2D eigenvalue weighted by atomic mass is 9.99. The SMILES string of the molecule is CCN(CC)CCOc1ccccc1-c1ccc(N)cc1C=O. The summed E-state index contributed by atoms with van der Waals surface area (Å²) in [7, 11) is 0. The number of hydrogen-bond donors (Lipinski definition) is 1. The average Bonchev–Trinajstić information content (AvgIpc) is 2.59. The molecule has 0 bridgehead atoms. The molecular weight excluding hydrogens is 288 g/mol. The minimum atomic E-state index is 0.574. The third-order valence-corrected chi connectivity index (χ3v) is 3.94. The molecule has 2 aromatic carbocycles. The van der Waals surface area contributed by atoms with Crippen molar-refractivity contribution in [3.05, 3.63) is 48.0 Å². The number of ether oxygens (including phenoxy) is 1. The van der Waals surface area contributed by atoms with Gasteiger partial charge >= 0.3 is 0 Å². The van der Waals surface area contributed by atoms with Crippen LogP contribution >= 0.6 is 0 Å². The number of anilines is 1. The highest BCUT2D eigenvalue weighted by Crippen LogP contribution is 2.32. The number of hydrogen-bond acceptors (Lipinski definition) is 4. The van der Waals surface area contributed by atoms with Crippen LogP contribution < -0.4 is 10.5 Å². The van der Waals surface area contributed by atoms with E-state index in [1.165, 1.54) is 0 Å². The van der Waals surface area contributed by atoms with Crippen LogP contribution in [-0.4, -0.2) is 37.4 Å². The molecule has 0 amide bonds. The summed E-state index contributed by atoms with van der Waals surface area (Å²) in [4.78, 5) is 13.7. The number of nitrogen functional groups attached to an aromatic ring is 1. The van der Waals surface area contributed by atoms with Crippen LogP contribution in [0.4, 0.5) is 5.69 Å². The lowest BCUT2D eigenvalue weighted by molar-refractivity contribution is 0.112. The fourth-order valence-corrected chi connectivity index (χ4v) is 2.56. The highest BCUT2D eigenvalue weighted by atomic mass is 16.5. The molecule has 0 saturated carbocycles. The molecular formula is C19H24N2O2. The Morgan fingerprint density at radius 2 is 1.83 bits per heavy atom. The van der Waals surface area contributed by atoms with E-state index < -0.39 is 0 Å². The summed E-state index contributed by atoms with van der Waals surface area (Å²) in [6.07, 6.45) is 0.832. The second kappa shape index (κ2) is 8.34. The van der Waals surface area contributed by atoms with Gasteiger partial charge < -0.3 is 15.4 Å². The molecule has 0 aliphatic rings. The Bertz CT molecular complexity index is 652. The second-order valence-electron chi connectivity index (χ2n) is 5.34. The summed E-state index contributed by atoms with van der Waals surface area (Å²) in [6, 6.07) is 13.1. The number of para-hydroxylation sites is 1. The van der Waals surface area contributed by atoms with Crippen molar-refractivity contribution in [1.29, 1.82) is 0 Å². The van der Waals surface area contributed by atoms with Crippen LogP contribution in [0.25, 0.3) is 11.1 Å². The van der Waals surface area contributed by atoms with Crippen molar-refractivity contribution in [3.8, 4) is 16.9 Å². The standard InChI is InChI=1S/C19H24N2O2/c1-3-21(4-2)11-12-23-19-8-6-5-7-18(19)17-10-9-16(20)13-15(17)14-22/h5-10,13-14H,3-4,11-12,20H2,1-2H3. The van der Waals surface area contributed by atoms with E-state index in [1.54, 1.807) is 12.1 Å². The van der Waals surface area contributed by atoms with E-state index in [4.69, 9.17) is 10.5 Å². The molecule has 0 fully saturated rings. The molecule has 4 heteroatoms. The number of rotatable bonds is 8. The molecule has 0 aromatic heterocycles. The van der Waals surface area contributed by atoms with Crippen LogP contribution in [0.1, 0.15) is 24.2 Å². The summed E-state index contributed by atoms with van der Waals surface area (Å²) in [5, 5.41) is 0. The predicted octanol–water partition coefficient (Wildman–Crippen LogP) is 3.47. The lowest BCUT2D eigenvalue weighted by Crippen LogP contribution is -2.27. The van der Waals surface area contributed by atoms with Gasteiger partial charge in [-0.15, -0.1) is 0 Å². The fraction of sp³-hybridized carbons (Fsp3) is 0.316. The van der Waals surface area contributed by atoms with Crippen LogP contribution in [0.3, 0.4) is 0 Å². The Balaban J connectivity index is 2.22. The summed E-state index contributed by atoms with van der Waals surface area (Å²) < 4.78 is 5.97. The van der Waals surface area contributed by atoms with Gasteiger partial charge in [0, 0.05) is 23.4 Å². The smallest absolute Gasteiger partial charge is 0.150 e. The zero-order valence-corrected chi connectivity index (χ0v) is 13.8. The largest absolute Gasteiger partial charge is 0.492 e. The Morgan fingerprint density at radius 1 is 1.09 bits per heavy atom. The molecule has 2 rings (SSSR count). The van der Waals surface area contributed by atoms with Crippen molar-refractivity contribution in [1.82, 2.24) is 4.90 Å². The van der Waals surface area contributed by atoms with Crippen molar-refractivity contribution in [2.45, 2.75) is 13.8 Å². The molecule has 23 heavy (non-hydrogen) atoms. The van der Waals surface area contributed by atoms with E-state index in [1.807, 2.05) is 30.3 Å². The molecule has 0 radical (unpaired) electrons. The van der Waals surface area contributed by atoms with Gasteiger partial charge in [0.05, 0.1) is 0 Å². The second-order valence-corrected chi connectivity index (χ2v) is 5.34. The molecule has 0 aliphatic heterocycles. The Labute approximate surface area is 137 Å². The summed E-state index contributed by atoms with van der Waals surface area (Å²) in [5.74, 6) is 0.785. The minimum absolute atomic E-state index is 0.574. The van der Waals surface area contributed by atoms with E-state index in [0.717, 1.165) is 42.8 Å². The lowest BCUT2D eigenvalue weighted by Gasteiger charge is -2.19. The van der Waals surface area contributed by atoms with Crippen molar-refractivity contribution in [2.24, 2.45) is 0 Å². The molecule has 2 aromatic rings.